The van der Waals surface area contributed by atoms with Crippen molar-refractivity contribution >= 4 is 39.7 Å². The van der Waals surface area contributed by atoms with Crippen molar-refractivity contribution in [1.82, 2.24) is 14.6 Å². The monoisotopic (exact) mass is 416 g/mol. The molecule has 0 bridgehead atoms. The summed E-state index contributed by atoms with van der Waals surface area (Å²) in [5.41, 5.74) is 6.65. The lowest BCUT2D eigenvalue weighted by Crippen LogP contribution is -2.28. The van der Waals surface area contributed by atoms with Gasteiger partial charge in [0.1, 0.15) is 10.7 Å². The second kappa shape index (κ2) is 8.92. The number of carbonyl (C=O) groups is 1. The molecular weight excluding hydrogens is 396 g/mol. The van der Waals surface area contributed by atoms with Crippen molar-refractivity contribution < 1.29 is 13.2 Å². The molecule has 142 valence electrons. The molecule has 0 atom stereocenters. The molecule has 0 unspecified atom stereocenters. The third-order valence-corrected chi connectivity index (χ3v) is 6.82. The van der Waals surface area contributed by atoms with Gasteiger partial charge in [0.25, 0.3) is 5.91 Å². The van der Waals surface area contributed by atoms with Gasteiger partial charge in [0, 0.05) is 31.6 Å². The first-order valence-corrected chi connectivity index (χ1v) is 10.3. The minimum absolute atomic E-state index is 0. The van der Waals surface area contributed by atoms with Crippen LogP contribution in [0.25, 0.3) is 0 Å². The van der Waals surface area contributed by atoms with E-state index in [1.165, 1.54) is 15.6 Å². The van der Waals surface area contributed by atoms with Gasteiger partial charge in [-0.15, -0.1) is 23.7 Å². The molecule has 0 radical (unpaired) electrons. The Hall–Kier alpha value is -1.52. The van der Waals surface area contributed by atoms with Gasteiger partial charge < -0.3 is 11.1 Å². The van der Waals surface area contributed by atoms with Crippen molar-refractivity contribution in [1.29, 1.82) is 0 Å². The van der Waals surface area contributed by atoms with E-state index in [4.69, 9.17) is 5.73 Å². The Bertz CT molecular complexity index is 847. The number of benzene rings is 1. The van der Waals surface area contributed by atoms with Gasteiger partial charge >= 0.3 is 0 Å². The Balaban J connectivity index is 0.00000243. The molecular formula is C16H21ClN4O3S2. The summed E-state index contributed by atoms with van der Waals surface area (Å²) in [4.78, 5) is 16.5. The normalized spacial score (nSPS) is 14.8. The first kappa shape index (κ1) is 20.8. The number of rotatable bonds is 6. The molecule has 1 aliphatic rings. The van der Waals surface area contributed by atoms with Crippen molar-refractivity contribution in [2.24, 2.45) is 5.73 Å². The molecule has 1 aliphatic heterocycles. The fourth-order valence-electron chi connectivity index (χ4n) is 2.64. The summed E-state index contributed by atoms with van der Waals surface area (Å²) >= 11 is 1.35. The van der Waals surface area contributed by atoms with Gasteiger partial charge in [0.15, 0.2) is 0 Å². The number of carbonyl (C=O) groups excluding carboxylic acids is 1. The highest BCUT2D eigenvalue weighted by Crippen LogP contribution is 2.21. The van der Waals surface area contributed by atoms with Crippen molar-refractivity contribution in [3.05, 3.63) is 45.9 Å². The Morgan fingerprint density at radius 2 is 1.88 bits per heavy atom. The molecule has 7 nitrogen and oxygen atoms in total. The number of hydrogen-bond donors (Lipinski definition) is 2. The first-order valence-electron chi connectivity index (χ1n) is 8.02. The highest BCUT2D eigenvalue weighted by Gasteiger charge is 2.26. The number of halogens is 1. The molecule has 1 aromatic heterocycles. The van der Waals surface area contributed by atoms with Crippen LogP contribution in [0.2, 0.25) is 0 Å². The SMILES string of the molecule is Cl.NCc1nc(C(=O)NCc2ccc(S(=O)(=O)N3CCCC3)cc2)cs1. The maximum absolute atomic E-state index is 12.5. The van der Waals surface area contributed by atoms with Gasteiger partial charge in [-0.25, -0.2) is 13.4 Å². The second-order valence-electron chi connectivity index (χ2n) is 5.77. The molecule has 3 N–H and O–H groups in total. The van der Waals surface area contributed by atoms with Gasteiger partial charge in [-0.3, -0.25) is 4.79 Å². The topological polar surface area (TPSA) is 105 Å². The third kappa shape index (κ3) is 4.60. The van der Waals surface area contributed by atoms with Gasteiger partial charge in [0.2, 0.25) is 10.0 Å². The van der Waals surface area contributed by atoms with Crippen molar-refractivity contribution in [3.8, 4) is 0 Å². The highest BCUT2D eigenvalue weighted by atomic mass is 35.5. The van der Waals surface area contributed by atoms with E-state index in [2.05, 4.69) is 10.3 Å². The molecule has 2 heterocycles. The van der Waals surface area contributed by atoms with Gasteiger partial charge in [-0.05, 0) is 30.5 Å². The standard InChI is InChI=1S/C16H20N4O3S2.ClH/c17-9-15-19-14(11-24-15)16(21)18-10-12-3-5-13(6-4-12)25(22,23)20-7-1-2-8-20;/h3-6,11H,1-2,7-10,17H2,(H,18,21);1H. The largest absolute Gasteiger partial charge is 0.347 e. The molecule has 3 rings (SSSR count). The number of nitrogens with zero attached hydrogens (tertiary/aromatic N) is 2. The van der Waals surface area contributed by atoms with Crippen LogP contribution in [-0.4, -0.2) is 36.7 Å². The number of thiazole rings is 1. The van der Waals surface area contributed by atoms with E-state index in [-0.39, 0.29) is 23.2 Å². The van der Waals surface area contributed by atoms with Crippen LogP contribution in [0.4, 0.5) is 0 Å². The summed E-state index contributed by atoms with van der Waals surface area (Å²) in [6, 6.07) is 6.61. The van der Waals surface area contributed by atoms with E-state index >= 15 is 0 Å². The summed E-state index contributed by atoms with van der Waals surface area (Å²) in [7, 11) is -3.40. The lowest BCUT2D eigenvalue weighted by molar-refractivity contribution is 0.0946. The Morgan fingerprint density at radius 1 is 1.23 bits per heavy atom. The maximum atomic E-state index is 12.5. The minimum atomic E-state index is -3.40. The number of nitrogens with one attached hydrogen (secondary N) is 1. The van der Waals surface area contributed by atoms with Gasteiger partial charge in [-0.1, -0.05) is 12.1 Å². The molecule has 0 spiro atoms. The smallest absolute Gasteiger partial charge is 0.271 e. The van der Waals surface area contributed by atoms with Crippen LogP contribution in [0.1, 0.15) is 33.9 Å². The average molecular weight is 417 g/mol. The number of amides is 1. The summed E-state index contributed by atoms with van der Waals surface area (Å²) in [5, 5.41) is 5.15. The van der Waals surface area contributed by atoms with Gasteiger partial charge in [-0.2, -0.15) is 4.31 Å². The van der Waals surface area contributed by atoms with Crippen LogP contribution in [0.15, 0.2) is 34.5 Å². The molecule has 2 aromatic rings. The summed E-state index contributed by atoms with van der Waals surface area (Å²) in [5.74, 6) is -0.273. The van der Waals surface area contributed by atoms with E-state index in [1.54, 1.807) is 29.6 Å². The molecule has 1 saturated heterocycles. The Morgan fingerprint density at radius 3 is 2.46 bits per heavy atom. The number of aromatic nitrogens is 1. The molecule has 26 heavy (non-hydrogen) atoms. The molecule has 0 saturated carbocycles. The summed E-state index contributed by atoms with van der Waals surface area (Å²) < 4.78 is 26.4. The zero-order valence-corrected chi connectivity index (χ0v) is 16.5. The van der Waals surface area contributed by atoms with E-state index in [9.17, 15) is 13.2 Å². The minimum Gasteiger partial charge on any atom is -0.347 e. The van der Waals surface area contributed by atoms with Crippen LogP contribution < -0.4 is 11.1 Å². The number of nitrogens with two attached hydrogens (primary N) is 1. The first-order chi connectivity index (χ1) is 12.0. The number of hydrogen-bond acceptors (Lipinski definition) is 6. The quantitative estimate of drug-likeness (QED) is 0.746. The van der Waals surface area contributed by atoms with Crippen molar-refractivity contribution in [3.63, 3.8) is 0 Å². The van der Waals surface area contributed by atoms with Crippen molar-refractivity contribution in [2.75, 3.05) is 13.1 Å². The fraction of sp³-hybridized carbons (Fsp3) is 0.375. The predicted octanol–water partition coefficient (Wildman–Crippen LogP) is 1.74. The average Bonchev–Trinajstić information content (AvgIpc) is 3.31. The lowest BCUT2D eigenvalue weighted by Gasteiger charge is -2.15. The van der Waals surface area contributed by atoms with E-state index in [0.29, 0.717) is 36.9 Å². The van der Waals surface area contributed by atoms with E-state index in [1.807, 2.05) is 0 Å². The maximum Gasteiger partial charge on any atom is 0.271 e. The van der Waals surface area contributed by atoms with Crippen LogP contribution >= 0.6 is 23.7 Å². The van der Waals surface area contributed by atoms with Gasteiger partial charge in [0.05, 0.1) is 4.90 Å². The highest BCUT2D eigenvalue weighted by molar-refractivity contribution is 7.89. The Labute approximate surface area is 163 Å². The summed E-state index contributed by atoms with van der Waals surface area (Å²) in [6.45, 7) is 1.78. The zero-order chi connectivity index (χ0) is 17.9. The molecule has 1 aromatic carbocycles. The van der Waals surface area contributed by atoms with Crippen LogP contribution in [0, 0.1) is 0 Å². The molecule has 1 fully saturated rings. The second-order valence-corrected chi connectivity index (χ2v) is 8.65. The van der Waals surface area contributed by atoms with Crippen LogP contribution in [-0.2, 0) is 23.1 Å². The Kier molecular flexibility index (Phi) is 7.13. The summed E-state index contributed by atoms with van der Waals surface area (Å²) in [6.07, 6.45) is 1.82. The molecule has 0 aliphatic carbocycles. The fourth-order valence-corrected chi connectivity index (χ4v) is 4.81. The molecule has 1 amide bonds. The van der Waals surface area contributed by atoms with E-state index < -0.39 is 10.0 Å². The van der Waals surface area contributed by atoms with Crippen molar-refractivity contribution in [2.45, 2.75) is 30.8 Å². The predicted molar refractivity (Wildman–Crippen MR) is 103 cm³/mol. The van der Waals surface area contributed by atoms with Crippen LogP contribution in [0.3, 0.4) is 0 Å². The number of sulfonamides is 1. The van der Waals surface area contributed by atoms with E-state index in [0.717, 1.165) is 18.4 Å². The van der Waals surface area contributed by atoms with Crippen LogP contribution in [0.5, 0.6) is 0 Å². The third-order valence-electron chi connectivity index (χ3n) is 4.04. The lowest BCUT2D eigenvalue weighted by atomic mass is 10.2. The molecule has 10 heteroatoms. The zero-order valence-electron chi connectivity index (χ0n) is 14.1.